The molecule has 0 amide bonds. The Morgan fingerprint density at radius 2 is 1.94 bits per heavy atom. The van der Waals surface area contributed by atoms with Crippen molar-refractivity contribution in [3.8, 4) is 11.5 Å². The van der Waals surface area contributed by atoms with Gasteiger partial charge < -0.3 is 14.0 Å². The molecule has 0 unspecified atom stereocenters. The van der Waals surface area contributed by atoms with Crippen LogP contribution >= 0.6 is 0 Å². The first-order valence-electron chi connectivity index (χ1n) is 5.95. The lowest BCUT2D eigenvalue weighted by Crippen LogP contribution is -2.40. The third-order valence-corrected chi connectivity index (χ3v) is 4.42. The van der Waals surface area contributed by atoms with E-state index in [-0.39, 0.29) is 17.6 Å². The van der Waals surface area contributed by atoms with Crippen LogP contribution < -0.4 is 14.2 Å². The zero-order valence-corrected chi connectivity index (χ0v) is 12.0. The maximum atomic E-state index is 12.0. The molecule has 1 aromatic carbocycles. The first kappa shape index (κ1) is 13.5. The zero-order valence-electron chi connectivity index (χ0n) is 11.1. The van der Waals surface area contributed by atoms with Gasteiger partial charge in [0.2, 0.25) is 6.79 Å². The smallest absolute Gasteiger partial charge is 0.231 e. The number of benzene rings is 1. The van der Waals surface area contributed by atoms with E-state index in [0.29, 0.717) is 0 Å². The van der Waals surface area contributed by atoms with Gasteiger partial charge in [0.15, 0.2) is 11.5 Å². The normalized spacial score (nSPS) is 17.6. The Bertz CT molecular complexity index is 431. The van der Waals surface area contributed by atoms with Gasteiger partial charge in [-0.05, 0) is 45.4 Å². The third-order valence-electron chi connectivity index (χ3n) is 2.74. The Hall–Kier alpha value is -0.910. The Kier molecular flexibility index (Phi) is 3.75. The van der Waals surface area contributed by atoms with E-state index >= 15 is 0 Å². The van der Waals surface area contributed by atoms with E-state index in [0.717, 1.165) is 17.1 Å². The highest BCUT2D eigenvalue weighted by atomic mass is 32.2. The molecular formula is C13H19NO3S. The van der Waals surface area contributed by atoms with Crippen molar-refractivity contribution < 1.29 is 14.0 Å². The van der Waals surface area contributed by atoms with Gasteiger partial charge in [-0.3, -0.25) is 0 Å². The number of nitrogens with one attached hydrogen (secondary N) is 1. The van der Waals surface area contributed by atoms with Crippen LogP contribution in [-0.2, 0) is 11.4 Å². The predicted molar refractivity (Wildman–Crippen MR) is 72.0 cm³/mol. The van der Waals surface area contributed by atoms with Crippen molar-refractivity contribution in [3.05, 3.63) is 23.8 Å². The van der Waals surface area contributed by atoms with Crippen molar-refractivity contribution in [3.63, 3.8) is 0 Å². The Balaban J connectivity index is 2.07. The van der Waals surface area contributed by atoms with E-state index in [9.17, 15) is 4.55 Å². The van der Waals surface area contributed by atoms with E-state index in [1.54, 1.807) is 0 Å². The molecule has 2 rings (SSSR count). The van der Waals surface area contributed by atoms with Crippen LogP contribution in [0.2, 0.25) is 0 Å². The standard InChI is InChI=1S/C13H19NO3S/c1-9(14-18(15)13(2,3)4)10-5-6-11-12(7-10)17-8-16-11/h5-7,9,14H,8H2,1-4H3/t9-,18-/m1/s1. The van der Waals surface area contributed by atoms with Crippen LogP contribution in [0.5, 0.6) is 11.5 Å². The molecule has 1 aromatic rings. The van der Waals surface area contributed by atoms with Crippen molar-refractivity contribution in [2.45, 2.75) is 38.5 Å². The quantitative estimate of drug-likeness (QED) is 0.857. The average Bonchev–Trinajstić information content (AvgIpc) is 2.74. The minimum Gasteiger partial charge on any atom is -0.598 e. The summed E-state index contributed by atoms with van der Waals surface area (Å²) in [5, 5.41) is 0. The molecule has 0 spiro atoms. The van der Waals surface area contributed by atoms with Crippen molar-refractivity contribution in [1.82, 2.24) is 4.72 Å². The van der Waals surface area contributed by atoms with Gasteiger partial charge in [0.1, 0.15) is 4.75 Å². The van der Waals surface area contributed by atoms with Gasteiger partial charge >= 0.3 is 0 Å². The molecule has 0 bridgehead atoms. The van der Waals surface area contributed by atoms with Crippen LogP contribution in [0.3, 0.4) is 0 Å². The molecule has 5 heteroatoms. The minimum atomic E-state index is -1.09. The molecule has 0 radical (unpaired) electrons. The fraction of sp³-hybridized carbons (Fsp3) is 0.538. The summed E-state index contributed by atoms with van der Waals surface area (Å²) in [6.45, 7) is 8.10. The van der Waals surface area contributed by atoms with Crippen molar-refractivity contribution in [2.24, 2.45) is 0 Å². The number of hydrogen-bond acceptors (Lipinski definition) is 4. The predicted octanol–water partition coefficient (Wildman–Crippen LogP) is 2.53. The largest absolute Gasteiger partial charge is 0.598 e. The lowest BCUT2D eigenvalue weighted by Gasteiger charge is -2.26. The van der Waals surface area contributed by atoms with E-state index in [1.807, 2.05) is 45.9 Å². The molecule has 18 heavy (non-hydrogen) atoms. The van der Waals surface area contributed by atoms with Crippen molar-refractivity contribution in [2.75, 3.05) is 6.79 Å². The Morgan fingerprint density at radius 3 is 2.61 bits per heavy atom. The van der Waals surface area contributed by atoms with Crippen molar-refractivity contribution in [1.29, 1.82) is 0 Å². The molecule has 0 aromatic heterocycles. The van der Waals surface area contributed by atoms with Crippen LogP contribution in [-0.4, -0.2) is 16.1 Å². The number of fused-ring (bicyclic) bond motifs is 1. The second-order valence-electron chi connectivity index (χ2n) is 5.33. The van der Waals surface area contributed by atoms with E-state index in [2.05, 4.69) is 4.72 Å². The molecule has 1 aliphatic rings. The molecular weight excluding hydrogens is 250 g/mol. The molecule has 0 aliphatic carbocycles. The molecule has 0 saturated heterocycles. The van der Waals surface area contributed by atoms with Gasteiger partial charge in [0, 0.05) is 11.4 Å². The monoisotopic (exact) mass is 269 g/mol. The summed E-state index contributed by atoms with van der Waals surface area (Å²) in [6.07, 6.45) is 0. The fourth-order valence-electron chi connectivity index (χ4n) is 1.59. The van der Waals surface area contributed by atoms with Gasteiger partial charge in [-0.2, -0.15) is 0 Å². The lowest BCUT2D eigenvalue weighted by atomic mass is 10.1. The van der Waals surface area contributed by atoms with Crippen LogP contribution in [0.25, 0.3) is 0 Å². The fourth-order valence-corrected chi connectivity index (χ4v) is 2.40. The van der Waals surface area contributed by atoms with Crippen LogP contribution in [0.15, 0.2) is 18.2 Å². The van der Waals surface area contributed by atoms with Gasteiger partial charge in [-0.25, -0.2) is 0 Å². The Morgan fingerprint density at radius 1 is 1.28 bits per heavy atom. The summed E-state index contributed by atoms with van der Waals surface area (Å²) in [4.78, 5) is 0. The van der Waals surface area contributed by atoms with E-state index in [1.165, 1.54) is 0 Å². The van der Waals surface area contributed by atoms with Crippen molar-refractivity contribution >= 4 is 11.4 Å². The molecule has 100 valence electrons. The maximum Gasteiger partial charge on any atom is 0.231 e. The highest BCUT2D eigenvalue weighted by Gasteiger charge is 2.28. The second-order valence-corrected chi connectivity index (χ2v) is 7.33. The van der Waals surface area contributed by atoms with Crippen LogP contribution in [0.1, 0.15) is 39.3 Å². The number of hydrogen-bond donors (Lipinski definition) is 1. The average molecular weight is 269 g/mol. The molecule has 4 nitrogen and oxygen atoms in total. The Labute approximate surface area is 111 Å². The summed E-state index contributed by atoms with van der Waals surface area (Å²) in [6, 6.07) is 5.78. The second kappa shape index (κ2) is 4.99. The van der Waals surface area contributed by atoms with Gasteiger partial charge in [0.05, 0.1) is 6.04 Å². The third kappa shape index (κ3) is 2.91. The topological polar surface area (TPSA) is 53.5 Å². The molecule has 1 aliphatic heterocycles. The SMILES string of the molecule is C[C@@H](N[S@+]([O-])C(C)(C)C)c1ccc2c(c1)OCO2. The van der Waals surface area contributed by atoms with Crippen LogP contribution in [0, 0.1) is 0 Å². The summed E-state index contributed by atoms with van der Waals surface area (Å²) in [5.41, 5.74) is 1.04. The van der Waals surface area contributed by atoms with Gasteiger partial charge in [0.25, 0.3) is 0 Å². The van der Waals surface area contributed by atoms with E-state index in [4.69, 9.17) is 9.47 Å². The summed E-state index contributed by atoms with van der Waals surface area (Å²) >= 11 is -1.09. The summed E-state index contributed by atoms with van der Waals surface area (Å²) in [5.74, 6) is 1.52. The number of rotatable bonds is 3. The molecule has 1 heterocycles. The minimum absolute atomic E-state index is 0.000409. The van der Waals surface area contributed by atoms with Crippen LogP contribution in [0.4, 0.5) is 0 Å². The lowest BCUT2D eigenvalue weighted by molar-refractivity contribution is 0.174. The molecule has 1 N–H and O–H groups in total. The molecule has 0 fully saturated rings. The molecule has 2 atom stereocenters. The highest BCUT2D eigenvalue weighted by Crippen LogP contribution is 2.34. The first-order chi connectivity index (χ1) is 8.38. The zero-order chi connectivity index (χ0) is 13.3. The maximum absolute atomic E-state index is 12.0. The number of ether oxygens (including phenoxy) is 2. The molecule has 0 saturated carbocycles. The van der Waals surface area contributed by atoms with Gasteiger partial charge in [-0.1, -0.05) is 6.07 Å². The first-order valence-corrected chi connectivity index (χ1v) is 7.10. The summed E-state index contributed by atoms with van der Waals surface area (Å²) in [7, 11) is 0. The summed E-state index contributed by atoms with van der Waals surface area (Å²) < 4.78 is 25.5. The van der Waals surface area contributed by atoms with Gasteiger partial charge in [-0.15, -0.1) is 4.72 Å². The van der Waals surface area contributed by atoms with E-state index < -0.39 is 11.4 Å². The highest BCUT2D eigenvalue weighted by molar-refractivity contribution is 7.90.